The summed E-state index contributed by atoms with van der Waals surface area (Å²) in [6.45, 7) is 8.52. The molecule has 1 aliphatic rings. The fraction of sp³-hybridized carbons (Fsp3) is 0.412. The van der Waals surface area contributed by atoms with Crippen molar-refractivity contribution < 1.29 is 4.79 Å². The van der Waals surface area contributed by atoms with Crippen molar-refractivity contribution in [2.24, 2.45) is 0 Å². The third kappa shape index (κ3) is 2.63. The van der Waals surface area contributed by atoms with E-state index in [1.165, 1.54) is 5.56 Å². The number of rotatable bonds is 1. The summed E-state index contributed by atoms with van der Waals surface area (Å²) in [6, 6.07) is 8.36. The first-order valence-electron chi connectivity index (χ1n) is 7.46. The molecule has 1 amide bonds. The number of hydrogen-bond acceptors (Lipinski definition) is 3. The first-order valence-corrected chi connectivity index (χ1v) is 7.46. The van der Waals surface area contributed by atoms with Crippen LogP contribution in [-0.4, -0.2) is 41.5 Å². The molecule has 110 valence electrons. The van der Waals surface area contributed by atoms with Crippen LogP contribution in [-0.2, 0) is 0 Å². The second-order valence-electron chi connectivity index (χ2n) is 5.87. The van der Waals surface area contributed by atoms with Gasteiger partial charge < -0.3 is 10.2 Å². The number of aryl methyl sites for hydroxylation is 2. The van der Waals surface area contributed by atoms with E-state index < -0.39 is 0 Å². The summed E-state index contributed by atoms with van der Waals surface area (Å²) in [6.07, 6.45) is 0. The zero-order valence-corrected chi connectivity index (χ0v) is 12.8. The number of benzene rings is 1. The molecule has 1 atom stereocenters. The molecule has 0 radical (unpaired) electrons. The van der Waals surface area contributed by atoms with Crippen molar-refractivity contribution in [1.29, 1.82) is 0 Å². The SMILES string of the molecule is Cc1ccc2nc(C)c(C(=O)N3CCNC[C@H]3C)cc2c1. The van der Waals surface area contributed by atoms with Crippen molar-refractivity contribution in [3.63, 3.8) is 0 Å². The molecule has 1 aromatic carbocycles. The van der Waals surface area contributed by atoms with Gasteiger partial charge in [-0.25, -0.2) is 0 Å². The lowest BCUT2D eigenvalue weighted by molar-refractivity contribution is 0.0654. The molecule has 0 unspecified atom stereocenters. The van der Waals surface area contributed by atoms with Crippen LogP contribution in [0.4, 0.5) is 0 Å². The summed E-state index contributed by atoms with van der Waals surface area (Å²) >= 11 is 0. The highest BCUT2D eigenvalue weighted by molar-refractivity contribution is 5.99. The molecule has 0 aliphatic carbocycles. The molecule has 0 saturated carbocycles. The van der Waals surface area contributed by atoms with E-state index >= 15 is 0 Å². The van der Waals surface area contributed by atoms with Gasteiger partial charge in [0.1, 0.15) is 0 Å². The predicted octanol–water partition coefficient (Wildman–Crippen LogP) is 2.29. The van der Waals surface area contributed by atoms with Crippen LogP contribution in [0.5, 0.6) is 0 Å². The van der Waals surface area contributed by atoms with Crippen molar-refractivity contribution in [3.8, 4) is 0 Å². The van der Waals surface area contributed by atoms with Crippen molar-refractivity contribution in [3.05, 3.63) is 41.1 Å². The van der Waals surface area contributed by atoms with E-state index in [2.05, 4.69) is 36.3 Å². The molecule has 21 heavy (non-hydrogen) atoms. The lowest BCUT2D eigenvalue weighted by Gasteiger charge is -2.34. The molecule has 1 fully saturated rings. The normalized spacial score (nSPS) is 19.0. The summed E-state index contributed by atoms with van der Waals surface area (Å²) in [5, 5.41) is 4.35. The number of carbonyl (C=O) groups excluding carboxylic acids is 1. The molecule has 3 rings (SSSR count). The molecule has 1 aromatic heterocycles. The first kappa shape index (κ1) is 14.0. The van der Waals surface area contributed by atoms with Gasteiger partial charge in [-0.1, -0.05) is 11.6 Å². The fourth-order valence-corrected chi connectivity index (χ4v) is 2.91. The van der Waals surface area contributed by atoms with Gasteiger partial charge in [0.05, 0.1) is 16.8 Å². The molecule has 1 N–H and O–H groups in total. The maximum Gasteiger partial charge on any atom is 0.256 e. The Hall–Kier alpha value is -1.94. The molecule has 0 spiro atoms. The van der Waals surface area contributed by atoms with E-state index in [4.69, 9.17) is 0 Å². The molecule has 4 nitrogen and oxygen atoms in total. The number of aromatic nitrogens is 1. The van der Waals surface area contributed by atoms with Gasteiger partial charge in [0.25, 0.3) is 5.91 Å². The minimum Gasteiger partial charge on any atom is -0.333 e. The van der Waals surface area contributed by atoms with E-state index in [0.29, 0.717) is 0 Å². The van der Waals surface area contributed by atoms with E-state index in [-0.39, 0.29) is 11.9 Å². The number of nitrogens with one attached hydrogen (secondary N) is 1. The number of hydrogen-bond donors (Lipinski definition) is 1. The average molecular weight is 283 g/mol. The van der Waals surface area contributed by atoms with Crippen LogP contribution in [0.3, 0.4) is 0 Å². The van der Waals surface area contributed by atoms with Crippen LogP contribution in [0, 0.1) is 13.8 Å². The number of nitrogens with zero attached hydrogens (tertiary/aromatic N) is 2. The Morgan fingerprint density at radius 3 is 2.90 bits per heavy atom. The summed E-state index contributed by atoms with van der Waals surface area (Å²) in [4.78, 5) is 19.4. The maximum atomic E-state index is 12.8. The van der Waals surface area contributed by atoms with E-state index in [1.807, 2.05) is 24.0 Å². The highest BCUT2D eigenvalue weighted by Crippen LogP contribution is 2.20. The quantitative estimate of drug-likeness (QED) is 0.873. The Morgan fingerprint density at radius 1 is 1.33 bits per heavy atom. The van der Waals surface area contributed by atoms with Crippen LogP contribution in [0.25, 0.3) is 10.9 Å². The third-order valence-electron chi connectivity index (χ3n) is 4.15. The van der Waals surface area contributed by atoms with Crippen LogP contribution in [0.1, 0.15) is 28.5 Å². The highest BCUT2D eigenvalue weighted by Gasteiger charge is 2.25. The predicted molar refractivity (Wildman–Crippen MR) is 84.6 cm³/mol. The Bertz CT molecular complexity index is 696. The molecule has 2 aromatic rings. The summed E-state index contributed by atoms with van der Waals surface area (Å²) < 4.78 is 0. The topological polar surface area (TPSA) is 45.2 Å². The third-order valence-corrected chi connectivity index (χ3v) is 4.15. The Morgan fingerprint density at radius 2 is 2.14 bits per heavy atom. The van der Waals surface area contributed by atoms with Crippen LogP contribution < -0.4 is 5.32 Å². The van der Waals surface area contributed by atoms with Gasteiger partial charge in [-0.3, -0.25) is 9.78 Å². The van der Waals surface area contributed by atoms with Gasteiger partial charge in [0, 0.05) is 31.1 Å². The largest absolute Gasteiger partial charge is 0.333 e. The van der Waals surface area contributed by atoms with Gasteiger partial charge in [0.15, 0.2) is 0 Å². The summed E-state index contributed by atoms with van der Waals surface area (Å²) in [7, 11) is 0. The van der Waals surface area contributed by atoms with Gasteiger partial charge >= 0.3 is 0 Å². The molecular weight excluding hydrogens is 262 g/mol. The number of amides is 1. The van der Waals surface area contributed by atoms with E-state index in [0.717, 1.165) is 41.8 Å². The number of carbonyl (C=O) groups is 1. The molecule has 1 saturated heterocycles. The highest BCUT2D eigenvalue weighted by atomic mass is 16.2. The average Bonchev–Trinajstić information content (AvgIpc) is 2.47. The Kier molecular flexibility index (Phi) is 3.64. The second-order valence-corrected chi connectivity index (χ2v) is 5.87. The molecule has 4 heteroatoms. The maximum absolute atomic E-state index is 12.8. The minimum absolute atomic E-state index is 0.0948. The summed E-state index contributed by atoms with van der Waals surface area (Å²) in [5.74, 6) is 0.0948. The summed E-state index contributed by atoms with van der Waals surface area (Å²) in [5.41, 5.74) is 3.66. The van der Waals surface area contributed by atoms with Crippen molar-refractivity contribution in [2.45, 2.75) is 26.8 Å². The Labute approximate surface area is 125 Å². The smallest absolute Gasteiger partial charge is 0.256 e. The standard InChI is InChI=1S/C17H21N3O/c1-11-4-5-16-14(8-11)9-15(13(3)19-16)17(21)20-7-6-18-10-12(20)2/h4-5,8-9,12,18H,6-7,10H2,1-3H3/t12-/m1/s1. The minimum atomic E-state index is 0.0948. The van der Waals surface area contributed by atoms with Crippen LogP contribution in [0.2, 0.25) is 0 Å². The molecule has 0 bridgehead atoms. The Balaban J connectivity index is 2.02. The van der Waals surface area contributed by atoms with E-state index in [1.54, 1.807) is 0 Å². The monoisotopic (exact) mass is 283 g/mol. The molecular formula is C17H21N3O. The van der Waals surface area contributed by atoms with Gasteiger partial charge in [0.2, 0.25) is 0 Å². The van der Waals surface area contributed by atoms with Gasteiger partial charge in [-0.05, 0) is 39.0 Å². The zero-order chi connectivity index (χ0) is 15.0. The van der Waals surface area contributed by atoms with E-state index in [9.17, 15) is 4.79 Å². The van der Waals surface area contributed by atoms with Crippen molar-refractivity contribution >= 4 is 16.8 Å². The fourth-order valence-electron chi connectivity index (χ4n) is 2.91. The zero-order valence-electron chi connectivity index (χ0n) is 12.8. The second kappa shape index (κ2) is 5.45. The lowest BCUT2D eigenvalue weighted by Crippen LogP contribution is -2.52. The van der Waals surface area contributed by atoms with Crippen molar-refractivity contribution in [1.82, 2.24) is 15.2 Å². The van der Waals surface area contributed by atoms with Gasteiger partial charge in [-0.15, -0.1) is 0 Å². The van der Waals surface area contributed by atoms with Gasteiger partial charge in [-0.2, -0.15) is 0 Å². The first-order chi connectivity index (χ1) is 10.1. The van der Waals surface area contributed by atoms with Crippen LogP contribution in [0.15, 0.2) is 24.3 Å². The lowest BCUT2D eigenvalue weighted by atomic mass is 10.1. The van der Waals surface area contributed by atoms with Crippen LogP contribution >= 0.6 is 0 Å². The van der Waals surface area contributed by atoms with Crippen molar-refractivity contribution in [2.75, 3.05) is 19.6 Å². The number of piperazine rings is 1. The molecule has 1 aliphatic heterocycles. The number of fused-ring (bicyclic) bond motifs is 1. The number of pyridine rings is 1. The molecule has 2 heterocycles.